The summed E-state index contributed by atoms with van der Waals surface area (Å²) in [5.74, 6) is 3.55. The highest BCUT2D eigenvalue weighted by Gasteiger charge is 2.38. The number of aromatic nitrogens is 3. The summed E-state index contributed by atoms with van der Waals surface area (Å²) in [6.07, 6.45) is -0.563. The van der Waals surface area contributed by atoms with Crippen molar-refractivity contribution in [1.29, 1.82) is 0 Å². The number of nitrogens with zero attached hydrogens (tertiary/aromatic N) is 3. The molecule has 1 aromatic carbocycles. The maximum Gasteiger partial charge on any atom is 0.408 e. The number of sulfone groups is 1. The van der Waals surface area contributed by atoms with Crippen LogP contribution < -0.4 is 21.0 Å². The number of rotatable bonds is 10. The van der Waals surface area contributed by atoms with Gasteiger partial charge < -0.3 is 5.73 Å². The predicted molar refractivity (Wildman–Crippen MR) is 190 cm³/mol. The average Bonchev–Trinajstić information content (AvgIpc) is 3.66. The first-order valence-corrected chi connectivity index (χ1v) is 20.0. The van der Waals surface area contributed by atoms with Crippen molar-refractivity contribution in [2.75, 3.05) is 11.0 Å². The standard InChI is InChI=1S/C35H37ClF5N5O4S2/c1-6-24(32-29(19(2)36)33(44-46(32)18-35(39,40)41)45-52(49,50)23-10-11-23)30-26-9-7-8-25(26)28(12-13-34(3,4)51(5,47)48)43-31(30)27(42)16-20-14-21(37)17-22(38)15-20/h6,14-15,17,23,27H,1,7-11,16,18,42H2,2-5H3,(H,44,45)/b29-19-,32-24-/t27-/m0/s1. The summed E-state index contributed by atoms with van der Waals surface area (Å²) in [5, 5.41) is 2.93. The molecule has 1 atom stereocenters. The quantitative estimate of drug-likeness (QED) is 0.225. The second kappa shape index (κ2) is 14.2. The molecule has 1 saturated carbocycles. The van der Waals surface area contributed by atoms with Crippen LogP contribution in [-0.2, 0) is 45.7 Å². The number of hydrogen-bond donors (Lipinski definition) is 2. The number of anilines is 1. The Balaban J connectivity index is 1.91. The Hall–Kier alpha value is -3.78. The van der Waals surface area contributed by atoms with Gasteiger partial charge in [-0.1, -0.05) is 30.2 Å². The summed E-state index contributed by atoms with van der Waals surface area (Å²) < 4.78 is 123. The number of nitrogens with one attached hydrogen (secondary N) is 1. The number of sulfonamides is 1. The molecule has 280 valence electrons. The van der Waals surface area contributed by atoms with Gasteiger partial charge in [0.1, 0.15) is 28.6 Å². The summed E-state index contributed by atoms with van der Waals surface area (Å²) in [7, 11) is -7.66. The molecule has 9 nitrogen and oxygen atoms in total. The van der Waals surface area contributed by atoms with Crippen LogP contribution in [0.1, 0.15) is 79.7 Å². The van der Waals surface area contributed by atoms with Crippen LogP contribution in [0.2, 0.25) is 0 Å². The highest BCUT2D eigenvalue weighted by molar-refractivity contribution is 7.93. The fourth-order valence-corrected chi connectivity index (χ4v) is 7.82. The lowest BCUT2D eigenvalue weighted by Gasteiger charge is -2.22. The molecule has 0 radical (unpaired) electrons. The van der Waals surface area contributed by atoms with Gasteiger partial charge in [-0.05, 0) is 94.0 Å². The number of fused-ring (bicyclic) bond motifs is 1. The van der Waals surface area contributed by atoms with Crippen LogP contribution in [0.4, 0.5) is 27.8 Å². The Morgan fingerprint density at radius 3 is 2.29 bits per heavy atom. The summed E-state index contributed by atoms with van der Waals surface area (Å²) in [4.78, 5) is 4.79. The normalized spacial score (nSPS) is 16.8. The van der Waals surface area contributed by atoms with E-state index in [9.17, 15) is 38.8 Å². The van der Waals surface area contributed by atoms with Crippen molar-refractivity contribution >= 4 is 47.9 Å². The summed E-state index contributed by atoms with van der Waals surface area (Å²) >= 11 is 6.53. The van der Waals surface area contributed by atoms with Gasteiger partial charge in [0.2, 0.25) is 10.0 Å². The molecule has 1 fully saturated rings. The Morgan fingerprint density at radius 1 is 1.13 bits per heavy atom. The minimum Gasteiger partial charge on any atom is -0.322 e. The van der Waals surface area contributed by atoms with E-state index in [1.807, 2.05) is 0 Å². The minimum absolute atomic E-state index is 0.0427. The molecule has 3 N–H and O–H groups in total. The molecule has 0 saturated heterocycles. The van der Waals surface area contributed by atoms with Gasteiger partial charge in [-0.25, -0.2) is 30.6 Å². The van der Waals surface area contributed by atoms with E-state index < -0.39 is 66.1 Å². The number of alkyl halides is 3. The Kier molecular flexibility index (Phi) is 10.8. The average molecular weight is 786 g/mol. The van der Waals surface area contributed by atoms with Gasteiger partial charge in [-0.3, -0.25) is 9.40 Å². The smallest absolute Gasteiger partial charge is 0.322 e. The van der Waals surface area contributed by atoms with Gasteiger partial charge >= 0.3 is 6.18 Å². The van der Waals surface area contributed by atoms with Crippen LogP contribution in [0, 0.1) is 23.5 Å². The maximum atomic E-state index is 14.2. The number of benzene rings is 1. The van der Waals surface area contributed by atoms with Gasteiger partial charge in [0, 0.05) is 28.5 Å². The van der Waals surface area contributed by atoms with Crippen LogP contribution >= 0.6 is 11.6 Å². The lowest BCUT2D eigenvalue weighted by Crippen LogP contribution is -2.37. The van der Waals surface area contributed by atoms with Crippen molar-refractivity contribution in [2.24, 2.45) is 5.73 Å². The van der Waals surface area contributed by atoms with E-state index in [-0.39, 0.29) is 50.1 Å². The van der Waals surface area contributed by atoms with Crippen molar-refractivity contribution in [1.82, 2.24) is 14.8 Å². The number of nitrogens with two attached hydrogens (primary N) is 1. The highest BCUT2D eigenvalue weighted by Crippen LogP contribution is 2.36. The van der Waals surface area contributed by atoms with Gasteiger partial charge in [-0.15, -0.1) is 0 Å². The van der Waals surface area contributed by atoms with Crippen molar-refractivity contribution in [3.8, 4) is 11.8 Å². The monoisotopic (exact) mass is 785 g/mol. The maximum absolute atomic E-state index is 14.2. The number of halogens is 6. The lowest BCUT2D eigenvalue weighted by molar-refractivity contribution is -0.143. The third kappa shape index (κ3) is 8.38. The molecule has 17 heteroatoms. The van der Waals surface area contributed by atoms with Crippen molar-refractivity contribution in [3.05, 3.63) is 86.7 Å². The first-order chi connectivity index (χ1) is 24.0. The zero-order chi connectivity index (χ0) is 38.6. The summed E-state index contributed by atoms with van der Waals surface area (Å²) in [6.45, 7) is 6.52. The largest absolute Gasteiger partial charge is 0.408 e. The third-order valence-electron chi connectivity index (χ3n) is 8.99. The third-order valence-corrected chi connectivity index (χ3v) is 13.0. The second-order valence-electron chi connectivity index (χ2n) is 13.5. The molecule has 5 rings (SSSR count). The fraction of sp³-hybridized carbons (Fsp3) is 0.429. The Bertz CT molecular complexity index is 2350. The molecule has 2 aliphatic rings. The first-order valence-electron chi connectivity index (χ1n) is 16.2. The van der Waals surface area contributed by atoms with Crippen LogP contribution in [0.5, 0.6) is 0 Å². The molecule has 2 heterocycles. The summed E-state index contributed by atoms with van der Waals surface area (Å²) in [6, 6.07) is 1.73. The number of hydrogen-bond acceptors (Lipinski definition) is 7. The van der Waals surface area contributed by atoms with E-state index in [1.54, 1.807) is 0 Å². The van der Waals surface area contributed by atoms with Crippen LogP contribution in [0.15, 0.2) is 30.9 Å². The molecule has 0 amide bonds. The van der Waals surface area contributed by atoms with Crippen molar-refractivity contribution < 1.29 is 38.8 Å². The molecular weight excluding hydrogens is 749 g/mol. The van der Waals surface area contributed by atoms with Crippen molar-refractivity contribution in [2.45, 2.75) is 88.1 Å². The SMILES string of the molecule is C=C/C(c1c([C@@H](N)Cc2cc(F)cc(F)c2)nc(C#CC(C)(C)S(C)(=O)=O)c2c1CCC2)=c1\c(=C(/C)Cl)c(NS(=O)(=O)C2CC2)nn1CC(F)(F)F. The van der Waals surface area contributed by atoms with Gasteiger partial charge in [0.05, 0.1) is 27.6 Å². The predicted octanol–water partition coefficient (Wildman–Crippen LogP) is 4.68. The van der Waals surface area contributed by atoms with E-state index in [0.29, 0.717) is 54.0 Å². The molecule has 2 aromatic heterocycles. The highest BCUT2D eigenvalue weighted by atomic mass is 35.5. The molecule has 3 aromatic rings. The fourth-order valence-electron chi connectivity index (χ4n) is 6.06. The zero-order valence-electron chi connectivity index (χ0n) is 28.8. The van der Waals surface area contributed by atoms with Gasteiger partial charge in [0.15, 0.2) is 15.7 Å². The van der Waals surface area contributed by atoms with E-state index in [4.69, 9.17) is 22.3 Å². The summed E-state index contributed by atoms with van der Waals surface area (Å²) in [5.41, 5.74) is 8.65. The van der Waals surface area contributed by atoms with Gasteiger partial charge in [-0.2, -0.15) is 18.3 Å². The molecule has 2 aliphatic carbocycles. The molecule has 52 heavy (non-hydrogen) atoms. The lowest BCUT2D eigenvalue weighted by atomic mass is 9.89. The first kappa shape index (κ1) is 39.4. The topological polar surface area (TPSA) is 137 Å². The molecular formula is C35H37ClF5N5O4S2. The molecule has 0 spiro atoms. The van der Waals surface area contributed by atoms with Gasteiger partial charge in [0.25, 0.3) is 0 Å². The van der Waals surface area contributed by atoms with Crippen LogP contribution in [0.3, 0.4) is 0 Å². The minimum atomic E-state index is -4.82. The van der Waals surface area contributed by atoms with E-state index in [0.717, 1.165) is 18.4 Å². The zero-order valence-corrected chi connectivity index (χ0v) is 31.1. The van der Waals surface area contributed by atoms with Crippen molar-refractivity contribution in [3.63, 3.8) is 0 Å². The molecule has 0 aliphatic heterocycles. The van der Waals surface area contributed by atoms with E-state index in [2.05, 4.69) is 28.2 Å². The van der Waals surface area contributed by atoms with E-state index in [1.165, 1.54) is 26.8 Å². The van der Waals surface area contributed by atoms with Crippen LogP contribution in [-0.4, -0.2) is 54.0 Å². The Morgan fingerprint density at radius 2 is 1.75 bits per heavy atom. The Labute approximate surface area is 303 Å². The number of pyridine rings is 1. The number of allylic oxidation sites excluding steroid dienone is 1. The van der Waals surface area contributed by atoms with Crippen LogP contribution in [0.25, 0.3) is 10.6 Å². The second-order valence-corrected chi connectivity index (χ2v) is 18.6. The molecule has 0 unspecified atom stereocenters. The molecule has 0 bridgehead atoms. The van der Waals surface area contributed by atoms with E-state index >= 15 is 0 Å².